The molecule has 2 heterocycles. The van der Waals surface area contributed by atoms with Crippen LogP contribution in [0.15, 0.2) is 42.5 Å². The van der Waals surface area contributed by atoms with Crippen LogP contribution in [0.4, 0.5) is 5.13 Å². The molecule has 0 saturated carbocycles. The number of nitrogens with zero attached hydrogens (tertiary/aromatic N) is 3. The lowest BCUT2D eigenvalue weighted by molar-refractivity contribution is -0.133. The monoisotopic (exact) mass is 397 g/mol. The van der Waals surface area contributed by atoms with E-state index < -0.39 is 0 Å². The molecule has 3 aromatic rings. The van der Waals surface area contributed by atoms with Gasteiger partial charge in [-0.3, -0.25) is 4.79 Å². The molecule has 0 radical (unpaired) electrons. The summed E-state index contributed by atoms with van der Waals surface area (Å²) in [5, 5.41) is 0.975. The second kappa shape index (κ2) is 8.06. The standard InChI is InChI=1S/C21H23N3O3S/c1-15-6-8-16(9-7-15)27-14-19(25)23-10-12-24(13-11-23)21-22-20-17(26-2)4-3-5-18(20)28-21/h3-9H,10-14H2,1-2H3. The number of aryl methyl sites for hydroxylation is 1. The van der Waals surface area contributed by atoms with E-state index in [9.17, 15) is 4.79 Å². The number of para-hydroxylation sites is 1. The molecule has 0 spiro atoms. The van der Waals surface area contributed by atoms with Crippen molar-refractivity contribution in [2.75, 3.05) is 44.8 Å². The van der Waals surface area contributed by atoms with Crippen molar-refractivity contribution in [2.24, 2.45) is 0 Å². The molecule has 6 nitrogen and oxygen atoms in total. The van der Waals surface area contributed by atoms with Crippen LogP contribution in [0.5, 0.6) is 11.5 Å². The van der Waals surface area contributed by atoms with Crippen LogP contribution >= 0.6 is 11.3 Å². The molecule has 146 valence electrons. The van der Waals surface area contributed by atoms with Gasteiger partial charge in [-0.1, -0.05) is 35.1 Å². The molecule has 1 aliphatic heterocycles. The van der Waals surface area contributed by atoms with E-state index in [4.69, 9.17) is 14.5 Å². The maximum atomic E-state index is 12.5. The molecular weight excluding hydrogens is 374 g/mol. The van der Waals surface area contributed by atoms with Gasteiger partial charge >= 0.3 is 0 Å². The maximum Gasteiger partial charge on any atom is 0.260 e. The number of hydrogen-bond donors (Lipinski definition) is 0. The first-order valence-electron chi connectivity index (χ1n) is 9.30. The average Bonchev–Trinajstić information content (AvgIpc) is 3.17. The number of carbonyl (C=O) groups is 1. The first kappa shape index (κ1) is 18.6. The number of fused-ring (bicyclic) bond motifs is 1. The highest BCUT2D eigenvalue weighted by Gasteiger charge is 2.23. The Morgan fingerprint density at radius 1 is 1.11 bits per heavy atom. The number of thiazole rings is 1. The van der Waals surface area contributed by atoms with Crippen LogP contribution in [0.25, 0.3) is 10.2 Å². The Balaban J connectivity index is 1.34. The summed E-state index contributed by atoms with van der Waals surface area (Å²) in [5.41, 5.74) is 2.07. The number of hydrogen-bond acceptors (Lipinski definition) is 6. The molecule has 1 fully saturated rings. The van der Waals surface area contributed by atoms with Gasteiger partial charge in [0.1, 0.15) is 17.0 Å². The van der Waals surface area contributed by atoms with Crippen LogP contribution in [0.2, 0.25) is 0 Å². The highest BCUT2D eigenvalue weighted by Crippen LogP contribution is 2.34. The quantitative estimate of drug-likeness (QED) is 0.661. The first-order chi connectivity index (χ1) is 13.6. The van der Waals surface area contributed by atoms with Crippen molar-refractivity contribution in [3.8, 4) is 11.5 Å². The number of rotatable bonds is 5. The molecule has 2 aromatic carbocycles. The number of aromatic nitrogens is 1. The number of benzene rings is 2. The maximum absolute atomic E-state index is 12.5. The van der Waals surface area contributed by atoms with E-state index in [-0.39, 0.29) is 12.5 Å². The summed E-state index contributed by atoms with van der Waals surface area (Å²) in [5.74, 6) is 1.54. The number of piperazine rings is 1. The van der Waals surface area contributed by atoms with Crippen LogP contribution < -0.4 is 14.4 Å². The van der Waals surface area contributed by atoms with E-state index >= 15 is 0 Å². The topological polar surface area (TPSA) is 54.9 Å². The van der Waals surface area contributed by atoms with Gasteiger partial charge in [-0.25, -0.2) is 4.98 Å². The Labute approximate surface area is 168 Å². The van der Waals surface area contributed by atoms with E-state index in [1.165, 1.54) is 5.56 Å². The van der Waals surface area contributed by atoms with Gasteiger partial charge in [-0.15, -0.1) is 0 Å². The highest BCUT2D eigenvalue weighted by atomic mass is 32.1. The largest absolute Gasteiger partial charge is 0.494 e. The van der Waals surface area contributed by atoms with Crippen molar-refractivity contribution >= 4 is 32.6 Å². The van der Waals surface area contributed by atoms with Gasteiger partial charge in [0, 0.05) is 26.2 Å². The van der Waals surface area contributed by atoms with E-state index in [1.807, 2.05) is 48.2 Å². The third-order valence-electron chi connectivity index (χ3n) is 4.88. The molecule has 1 aliphatic rings. The van der Waals surface area contributed by atoms with Crippen LogP contribution in [-0.4, -0.2) is 55.7 Å². The summed E-state index contributed by atoms with van der Waals surface area (Å²) < 4.78 is 12.1. The normalized spacial score (nSPS) is 14.4. The smallest absolute Gasteiger partial charge is 0.260 e. The second-order valence-corrected chi connectivity index (χ2v) is 7.78. The summed E-state index contributed by atoms with van der Waals surface area (Å²) in [7, 11) is 1.66. The summed E-state index contributed by atoms with van der Waals surface area (Å²) >= 11 is 1.66. The Bertz CT molecular complexity index is 963. The molecule has 0 N–H and O–H groups in total. The van der Waals surface area contributed by atoms with Crippen molar-refractivity contribution in [1.82, 2.24) is 9.88 Å². The van der Waals surface area contributed by atoms with E-state index in [0.29, 0.717) is 13.1 Å². The molecular formula is C21H23N3O3S. The molecule has 0 aliphatic carbocycles. The van der Waals surface area contributed by atoms with Crippen molar-refractivity contribution < 1.29 is 14.3 Å². The lowest BCUT2D eigenvalue weighted by Crippen LogP contribution is -2.50. The van der Waals surface area contributed by atoms with Crippen LogP contribution in [0, 0.1) is 6.92 Å². The van der Waals surface area contributed by atoms with Crippen LogP contribution in [0.3, 0.4) is 0 Å². The number of anilines is 1. The fourth-order valence-corrected chi connectivity index (χ4v) is 4.26. The molecule has 7 heteroatoms. The molecule has 1 saturated heterocycles. The zero-order valence-corrected chi connectivity index (χ0v) is 16.9. The van der Waals surface area contributed by atoms with Gasteiger partial charge in [0.2, 0.25) is 0 Å². The number of carbonyl (C=O) groups excluding carboxylic acids is 1. The second-order valence-electron chi connectivity index (χ2n) is 6.77. The third kappa shape index (κ3) is 3.89. The van der Waals surface area contributed by atoms with Gasteiger partial charge in [0.15, 0.2) is 11.7 Å². The fourth-order valence-electron chi connectivity index (χ4n) is 3.23. The Hall–Kier alpha value is -2.80. The number of amides is 1. The molecule has 4 rings (SSSR count). The minimum Gasteiger partial charge on any atom is -0.494 e. The van der Waals surface area contributed by atoms with E-state index in [0.717, 1.165) is 39.9 Å². The van der Waals surface area contributed by atoms with Crippen LogP contribution in [-0.2, 0) is 4.79 Å². The summed E-state index contributed by atoms with van der Waals surface area (Å²) in [6.07, 6.45) is 0. The number of ether oxygens (including phenoxy) is 2. The van der Waals surface area contributed by atoms with Gasteiger partial charge in [0.05, 0.1) is 11.8 Å². The predicted molar refractivity (Wildman–Crippen MR) is 112 cm³/mol. The molecule has 0 bridgehead atoms. The fraction of sp³-hybridized carbons (Fsp3) is 0.333. The third-order valence-corrected chi connectivity index (χ3v) is 5.96. The van der Waals surface area contributed by atoms with Gasteiger partial charge in [-0.2, -0.15) is 0 Å². The van der Waals surface area contributed by atoms with Crippen molar-refractivity contribution in [1.29, 1.82) is 0 Å². The summed E-state index contributed by atoms with van der Waals surface area (Å²) in [6.45, 7) is 4.96. The van der Waals surface area contributed by atoms with E-state index in [2.05, 4.69) is 11.0 Å². The zero-order chi connectivity index (χ0) is 19.5. The molecule has 1 amide bonds. The van der Waals surface area contributed by atoms with Crippen LogP contribution in [0.1, 0.15) is 5.56 Å². The Morgan fingerprint density at radius 3 is 2.57 bits per heavy atom. The lowest BCUT2D eigenvalue weighted by atomic mass is 10.2. The van der Waals surface area contributed by atoms with Crippen molar-refractivity contribution in [3.05, 3.63) is 48.0 Å². The van der Waals surface area contributed by atoms with Crippen molar-refractivity contribution in [3.63, 3.8) is 0 Å². The Morgan fingerprint density at radius 2 is 1.86 bits per heavy atom. The minimum atomic E-state index is 0.0196. The minimum absolute atomic E-state index is 0.0196. The van der Waals surface area contributed by atoms with Crippen molar-refractivity contribution in [2.45, 2.75) is 6.92 Å². The van der Waals surface area contributed by atoms with Gasteiger partial charge < -0.3 is 19.3 Å². The van der Waals surface area contributed by atoms with Gasteiger partial charge in [-0.05, 0) is 31.2 Å². The molecule has 0 atom stereocenters. The Kier molecular flexibility index (Phi) is 5.34. The first-order valence-corrected chi connectivity index (χ1v) is 10.1. The summed E-state index contributed by atoms with van der Waals surface area (Å²) in [6, 6.07) is 13.7. The van der Waals surface area contributed by atoms with E-state index in [1.54, 1.807) is 18.4 Å². The average molecular weight is 398 g/mol. The molecule has 28 heavy (non-hydrogen) atoms. The summed E-state index contributed by atoms with van der Waals surface area (Å²) in [4.78, 5) is 21.3. The van der Waals surface area contributed by atoms with Gasteiger partial charge in [0.25, 0.3) is 5.91 Å². The molecule has 0 unspecified atom stereocenters. The SMILES string of the molecule is COc1cccc2sc(N3CCN(C(=O)COc4ccc(C)cc4)CC3)nc12. The lowest BCUT2D eigenvalue weighted by Gasteiger charge is -2.34. The molecule has 1 aromatic heterocycles. The predicted octanol–water partition coefficient (Wildman–Crippen LogP) is 3.34. The highest BCUT2D eigenvalue weighted by molar-refractivity contribution is 7.22. The number of methoxy groups -OCH3 is 1. The zero-order valence-electron chi connectivity index (χ0n) is 16.1.